The number of hydrogen-bond acceptors (Lipinski definition) is 2. The van der Waals surface area contributed by atoms with Crippen LogP contribution in [0.1, 0.15) is 30.4 Å². The van der Waals surface area contributed by atoms with Crippen LogP contribution in [0.15, 0.2) is 48.5 Å². The Kier molecular flexibility index (Phi) is 4.36. The number of hydrogen-bond donors (Lipinski definition) is 1. The molecule has 1 saturated heterocycles. The van der Waals surface area contributed by atoms with E-state index in [1.54, 1.807) is 0 Å². The highest BCUT2D eigenvalue weighted by Gasteiger charge is 2.29. The van der Waals surface area contributed by atoms with Gasteiger partial charge in [-0.2, -0.15) is 0 Å². The van der Waals surface area contributed by atoms with Crippen molar-refractivity contribution >= 4 is 5.69 Å². The molecule has 1 fully saturated rings. The van der Waals surface area contributed by atoms with Crippen LogP contribution in [0.25, 0.3) is 0 Å². The van der Waals surface area contributed by atoms with Gasteiger partial charge in [0, 0.05) is 29.9 Å². The second kappa shape index (κ2) is 6.44. The number of aliphatic hydroxyl groups is 1. The lowest BCUT2D eigenvalue weighted by atomic mass is 9.87. The van der Waals surface area contributed by atoms with Gasteiger partial charge in [0.25, 0.3) is 0 Å². The average molecular weight is 309 g/mol. The lowest BCUT2D eigenvalue weighted by Gasteiger charge is -2.30. The molecule has 2 aromatic rings. The predicted molar refractivity (Wildman–Crippen MR) is 90.7 cm³/mol. The summed E-state index contributed by atoms with van der Waals surface area (Å²) in [7, 11) is 0. The number of piperidine rings is 1. The molecule has 118 valence electrons. The Bertz CT molecular complexity index is 696. The van der Waals surface area contributed by atoms with Crippen LogP contribution in [0.2, 0.25) is 0 Å². The van der Waals surface area contributed by atoms with Gasteiger partial charge in [0.1, 0.15) is 5.82 Å². The van der Waals surface area contributed by atoms with E-state index in [-0.39, 0.29) is 5.82 Å². The lowest BCUT2D eigenvalue weighted by molar-refractivity contribution is 0.145. The average Bonchev–Trinajstić information content (AvgIpc) is 2.62. The highest BCUT2D eigenvalue weighted by atomic mass is 19.1. The van der Waals surface area contributed by atoms with Crippen LogP contribution in [-0.4, -0.2) is 18.2 Å². The first-order valence-electron chi connectivity index (χ1n) is 7.95. The molecule has 0 bridgehead atoms. The maximum Gasteiger partial charge on any atom is 0.176 e. The fourth-order valence-corrected chi connectivity index (χ4v) is 3.09. The molecule has 1 aliphatic rings. The van der Waals surface area contributed by atoms with Crippen LogP contribution in [0, 0.1) is 18.2 Å². The number of anilines is 1. The van der Waals surface area contributed by atoms with Crippen molar-refractivity contribution in [3.05, 3.63) is 65.5 Å². The van der Waals surface area contributed by atoms with Crippen molar-refractivity contribution in [2.24, 2.45) is 0 Å². The first-order chi connectivity index (χ1) is 11.1. The van der Waals surface area contributed by atoms with Gasteiger partial charge in [0.2, 0.25) is 0 Å². The Labute approximate surface area is 136 Å². The molecule has 2 aromatic carbocycles. The molecule has 1 unspecified atom stereocenters. The largest absolute Gasteiger partial charge is 0.372 e. The van der Waals surface area contributed by atoms with Crippen molar-refractivity contribution in [2.45, 2.75) is 24.9 Å². The van der Waals surface area contributed by atoms with Gasteiger partial charge in [0.05, 0.1) is 0 Å². The Morgan fingerprint density at radius 2 is 1.43 bits per heavy atom. The second-order valence-electron chi connectivity index (χ2n) is 5.96. The maximum atomic E-state index is 13.1. The van der Waals surface area contributed by atoms with Crippen LogP contribution in [-0.2, 0) is 5.60 Å². The van der Waals surface area contributed by atoms with E-state index >= 15 is 0 Å². The number of terminal acetylenes is 1. The minimum atomic E-state index is -1.55. The van der Waals surface area contributed by atoms with Crippen molar-refractivity contribution in [3.63, 3.8) is 0 Å². The molecule has 0 radical (unpaired) electrons. The molecule has 3 heteroatoms. The highest BCUT2D eigenvalue weighted by Crippen LogP contribution is 2.31. The van der Waals surface area contributed by atoms with Gasteiger partial charge in [-0.05, 0) is 43.5 Å². The molecule has 1 N–H and O–H groups in total. The minimum Gasteiger partial charge on any atom is -0.372 e. The van der Waals surface area contributed by atoms with E-state index in [0.717, 1.165) is 18.8 Å². The van der Waals surface area contributed by atoms with Crippen LogP contribution in [0.3, 0.4) is 0 Å². The van der Waals surface area contributed by atoms with Gasteiger partial charge in [-0.25, -0.2) is 4.39 Å². The SMILES string of the molecule is C#CC(O)(c1ccc(F)cc1)c1ccc(N2CCCCC2)cc1. The van der Waals surface area contributed by atoms with Crippen molar-refractivity contribution in [2.75, 3.05) is 18.0 Å². The lowest BCUT2D eigenvalue weighted by Crippen LogP contribution is -2.29. The number of benzene rings is 2. The molecular formula is C20H20FNO. The molecule has 1 atom stereocenters. The summed E-state index contributed by atoms with van der Waals surface area (Å²) >= 11 is 0. The molecular weight excluding hydrogens is 289 g/mol. The monoisotopic (exact) mass is 309 g/mol. The number of halogens is 1. The van der Waals surface area contributed by atoms with Crippen LogP contribution < -0.4 is 4.90 Å². The molecule has 2 nitrogen and oxygen atoms in total. The third-order valence-corrected chi connectivity index (χ3v) is 4.48. The molecule has 1 heterocycles. The standard InChI is InChI=1S/C20H20FNO/c1-2-20(23,16-6-10-18(21)11-7-16)17-8-12-19(13-9-17)22-14-4-3-5-15-22/h1,6-13,23H,3-5,14-15H2. The first kappa shape index (κ1) is 15.6. The molecule has 0 aromatic heterocycles. The van der Waals surface area contributed by atoms with Crippen LogP contribution in [0.5, 0.6) is 0 Å². The third-order valence-electron chi connectivity index (χ3n) is 4.48. The molecule has 3 rings (SSSR count). The fraction of sp³-hybridized carbons (Fsp3) is 0.300. The summed E-state index contributed by atoms with van der Waals surface area (Å²) in [6.07, 6.45) is 9.30. The van der Waals surface area contributed by atoms with Crippen molar-refractivity contribution in [1.29, 1.82) is 0 Å². The summed E-state index contributed by atoms with van der Waals surface area (Å²) in [5.74, 6) is 2.10. The Morgan fingerprint density at radius 1 is 0.913 bits per heavy atom. The zero-order chi connectivity index (χ0) is 16.3. The summed E-state index contributed by atoms with van der Waals surface area (Å²) in [5.41, 5.74) is 0.708. The summed E-state index contributed by atoms with van der Waals surface area (Å²) in [6, 6.07) is 13.3. The van der Waals surface area contributed by atoms with E-state index in [1.165, 1.54) is 43.5 Å². The fourth-order valence-electron chi connectivity index (χ4n) is 3.09. The van der Waals surface area contributed by atoms with E-state index in [9.17, 15) is 9.50 Å². The van der Waals surface area contributed by atoms with Gasteiger partial charge in [0.15, 0.2) is 5.60 Å². The van der Waals surface area contributed by atoms with Gasteiger partial charge < -0.3 is 10.0 Å². The number of nitrogens with zero attached hydrogens (tertiary/aromatic N) is 1. The van der Waals surface area contributed by atoms with E-state index in [2.05, 4.69) is 10.8 Å². The molecule has 0 aliphatic carbocycles. The summed E-state index contributed by atoms with van der Waals surface area (Å²) < 4.78 is 13.1. The van der Waals surface area contributed by atoms with E-state index in [0.29, 0.717) is 11.1 Å². The maximum absolute atomic E-state index is 13.1. The summed E-state index contributed by atoms with van der Waals surface area (Å²) in [4.78, 5) is 2.35. The molecule has 23 heavy (non-hydrogen) atoms. The summed E-state index contributed by atoms with van der Waals surface area (Å²) in [5, 5.41) is 10.9. The molecule has 0 amide bonds. The van der Waals surface area contributed by atoms with Gasteiger partial charge >= 0.3 is 0 Å². The van der Waals surface area contributed by atoms with Crippen molar-refractivity contribution in [3.8, 4) is 12.3 Å². The molecule has 0 spiro atoms. The zero-order valence-corrected chi connectivity index (χ0v) is 13.0. The Hall–Kier alpha value is -2.31. The topological polar surface area (TPSA) is 23.5 Å². The first-order valence-corrected chi connectivity index (χ1v) is 7.95. The number of rotatable bonds is 3. The smallest absolute Gasteiger partial charge is 0.176 e. The van der Waals surface area contributed by atoms with E-state index in [4.69, 9.17) is 6.42 Å². The van der Waals surface area contributed by atoms with Gasteiger partial charge in [-0.3, -0.25) is 0 Å². The molecule has 1 aliphatic heterocycles. The summed E-state index contributed by atoms with van der Waals surface area (Å²) in [6.45, 7) is 2.13. The minimum absolute atomic E-state index is 0.353. The quantitative estimate of drug-likeness (QED) is 0.874. The second-order valence-corrected chi connectivity index (χ2v) is 5.96. The van der Waals surface area contributed by atoms with Gasteiger partial charge in [-0.1, -0.05) is 30.2 Å². The van der Waals surface area contributed by atoms with Gasteiger partial charge in [-0.15, -0.1) is 6.42 Å². The van der Waals surface area contributed by atoms with Crippen LogP contribution in [0.4, 0.5) is 10.1 Å². The Balaban J connectivity index is 1.89. The normalized spacial score (nSPS) is 17.3. The third kappa shape index (κ3) is 3.09. The zero-order valence-electron chi connectivity index (χ0n) is 13.0. The molecule has 0 saturated carbocycles. The predicted octanol–water partition coefficient (Wildman–Crippen LogP) is 3.69. The van der Waals surface area contributed by atoms with E-state index in [1.807, 2.05) is 24.3 Å². The van der Waals surface area contributed by atoms with Crippen molar-refractivity contribution < 1.29 is 9.50 Å². The highest BCUT2D eigenvalue weighted by molar-refractivity contribution is 5.52. The van der Waals surface area contributed by atoms with E-state index < -0.39 is 5.60 Å². The van der Waals surface area contributed by atoms with Crippen LogP contribution >= 0.6 is 0 Å². The Morgan fingerprint density at radius 3 is 1.96 bits per heavy atom. The van der Waals surface area contributed by atoms with Crippen molar-refractivity contribution in [1.82, 2.24) is 0 Å².